The van der Waals surface area contributed by atoms with Crippen molar-refractivity contribution in [1.29, 1.82) is 0 Å². The third-order valence-electron chi connectivity index (χ3n) is 3.88. The molecule has 0 aliphatic rings. The quantitative estimate of drug-likeness (QED) is 0.589. The molecular weight excluding hydrogens is 415 g/mol. The molecule has 0 bridgehead atoms. The first-order valence-electron chi connectivity index (χ1n) is 8.09. The second kappa shape index (κ2) is 7.75. The minimum Gasteiger partial charge on any atom is -0.465 e. The Labute approximate surface area is 163 Å². The molecule has 3 rings (SSSR count). The molecule has 1 heterocycles. The lowest BCUT2D eigenvalue weighted by Crippen LogP contribution is -2.15. The molecule has 0 aliphatic carbocycles. The minimum atomic E-state index is -0.440. The fourth-order valence-electron chi connectivity index (χ4n) is 2.62. The number of hydrogen-bond donors (Lipinski definition) is 2. The molecule has 0 spiro atoms. The molecule has 2 N–H and O–H groups in total. The van der Waals surface area contributed by atoms with Crippen molar-refractivity contribution in [3.8, 4) is 0 Å². The molecule has 0 fully saturated rings. The van der Waals surface area contributed by atoms with Gasteiger partial charge in [0.2, 0.25) is 0 Å². The molecule has 2 aromatic carbocycles. The van der Waals surface area contributed by atoms with Crippen LogP contribution in [-0.2, 0) is 0 Å². The van der Waals surface area contributed by atoms with E-state index in [0.717, 1.165) is 0 Å². The van der Waals surface area contributed by atoms with E-state index in [4.69, 9.17) is 4.42 Å². The average molecular weight is 431 g/mol. The van der Waals surface area contributed by atoms with Crippen LogP contribution in [0.4, 0.5) is 15.8 Å². The molecule has 3 aromatic rings. The van der Waals surface area contributed by atoms with Gasteiger partial charge in [0, 0.05) is 16.9 Å². The van der Waals surface area contributed by atoms with Gasteiger partial charge < -0.3 is 15.1 Å². The van der Waals surface area contributed by atoms with Crippen LogP contribution in [0.3, 0.4) is 0 Å². The van der Waals surface area contributed by atoms with Gasteiger partial charge in [0.25, 0.3) is 11.8 Å². The molecule has 0 radical (unpaired) electrons. The Kier molecular flexibility index (Phi) is 5.41. The zero-order valence-electron chi connectivity index (χ0n) is 14.6. The van der Waals surface area contributed by atoms with E-state index in [0.29, 0.717) is 38.5 Å². The first-order valence-corrected chi connectivity index (χ1v) is 8.88. The molecule has 0 atom stereocenters. The molecule has 0 saturated carbocycles. The van der Waals surface area contributed by atoms with Crippen LogP contribution in [0.2, 0.25) is 0 Å². The van der Waals surface area contributed by atoms with Crippen LogP contribution in [0.15, 0.2) is 57.4 Å². The molecule has 0 saturated heterocycles. The van der Waals surface area contributed by atoms with Crippen molar-refractivity contribution in [2.24, 2.45) is 0 Å². The summed E-state index contributed by atoms with van der Waals surface area (Å²) in [4.78, 5) is 24.9. The maximum atomic E-state index is 13.2. The van der Waals surface area contributed by atoms with Gasteiger partial charge in [0.05, 0.1) is 10.0 Å². The Hall–Kier alpha value is -2.93. The Morgan fingerprint density at radius 1 is 0.926 bits per heavy atom. The van der Waals surface area contributed by atoms with E-state index in [1.807, 2.05) is 0 Å². The van der Waals surface area contributed by atoms with Crippen LogP contribution in [0.25, 0.3) is 0 Å². The minimum absolute atomic E-state index is 0.330. The summed E-state index contributed by atoms with van der Waals surface area (Å²) < 4.78 is 19.3. The average Bonchev–Trinajstić information content (AvgIpc) is 2.87. The highest BCUT2D eigenvalue weighted by atomic mass is 79.9. The lowest BCUT2D eigenvalue weighted by molar-refractivity contribution is 0.101. The summed E-state index contributed by atoms with van der Waals surface area (Å²) in [7, 11) is 0. The fraction of sp³-hybridized carbons (Fsp3) is 0.100. The fourth-order valence-corrected chi connectivity index (χ4v) is 3.16. The van der Waals surface area contributed by atoms with Crippen molar-refractivity contribution >= 4 is 39.1 Å². The van der Waals surface area contributed by atoms with Crippen molar-refractivity contribution in [2.75, 3.05) is 10.6 Å². The zero-order valence-corrected chi connectivity index (χ0v) is 16.2. The summed E-state index contributed by atoms with van der Waals surface area (Å²) in [5, 5.41) is 5.37. The molecule has 7 heteroatoms. The number of furan rings is 1. The van der Waals surface area contributed by atoms with Crippen molar-refractivity contribution in [1.82, 2.24) is 0 Å². The van der Waals surface area contributed by atoms with E-state index >= 15 is 0 Å². The molecular formula is C20H16BrFN2O3. The van der Waals surface area contributed by atoms with Crippen molar-refractivity contribution in [3.05, 3.63) is 81.5 Å². The monoisotopic (exact) mass is 430 g/mol. The number of aryl methyl sites for hydroxylation is 2. The Bertz CT molecular complexity index is 1030. The second-order valence-corrected chi connectivity index (χ2v) is 6.70. The van der Waals surface area contributed by atoms with Gasteiger partial charge in [0.15, 0.2) is 0 Å². The number of rotatable bonds is 4. The topological polar surface area (TPSA) is 71.3 Å². The number of carbonyl (C=O) groups excluding carboxylic acids is 2. The van der Waals surface area contributed by atoms with Gasteiger partial charge in [-0.05, 0) is 66.2 Å². The van der Waals surface area contributed by atoms with Crippen LogP contribution in [-0.4, -0.2) is 11.8 Å². The van der Waals surface area contributed by atoms with Crippen LogP contribution in [0.5, 0.6) is 0 Å². The smallest absolute Gasteiger partial charge is 0.260 e. The van der Waals surface area contributed by atoms with E-state index in [-0.39, 0.29) is 5.91 Å². The summed E-state index contributed by atoms with van der Waals surface area (Å²) in [5.41, 5.74) is 1.54. The van der Waals surface area contributed by atoms with Gasteiger partial charge in [-0.1, -0.05) is 12.1 Å². The number of carbonyl (C=O) groups is 2. The summed E-state index contributed by atoms with van der Waals surface area (Å²) in [5.74, 6) is -0.0879. The first kappa shape index (κ1) is 18.8. The summed E-state index contributed by atoms with van der Waals surface area (Å²) >= 11 is 3.35. The van der Waals surface area contributed by atoms with Crippen molar-refractivity contribution in [3.63, 3.8) is 0 Å². The predicted octanol–water partition coefficient (Wildman–Crippen LogP) is 5.30. The summed E-state index contributed by atoms with van der Waals surface area (Å²) in [6.45, 7) is 3.46. The highest BCUT2D eigenvalue weighted by molar-refractivity contribution is 9.10. The van der Waals surface area contributed by atoms with E-state index in [2.05, 4.69) is 26.6 Å². The summed E-state index contributed by atoms with van der Waals surface area (Å²) in [6, 6.07) is 12.1. The third kappa shape index (κ3) is 4.25. The van der Waals surface area contributed by atoms with Crippen LogP contribution in [0.1, 0.15) is 32.2 Å². The van der Waals surface area contributed by atoms with Crippen molar-refractivity contribution < 1.29 is 18.4 Å². The van der Waals surface area contributed by atoms with Gasteiger partial charge in [-0.3, -0.25) is 9.59 Å². The zero-order chi connectivity index (χ0) is 19.6. The molecule has 138 valence electrons. The van der Waals surface area contributed by atoms with Gasteiger partial charge in [-0.25, -0.2) is 4.39 Å². The lowest BCUT2D eigenvalue weighted by Gasteiger charge is -2.09. The van der Waals surface area contributed by atoms with Gasteiger partial charge in [-0.2, -0.15) is 0 Å². The number of anilines is 2. The molecule has 2 amide bonds. The predicted molar refractivity (Wildman–Crippen MR) is 105 cm³/mol. The highest BCUT2D eigenvalue weighted by Gasteiger charge is 2.20. The summed E-state index contributed by atoms with van der Waals surface area (Å²) in [6.07, 6.45) is 0. The Balaban J connectivity index is 1.77. The van der Waals surface area contributed by atoms with E-state index < -0.39 is 11.7 Å². The molecule has 1 aromatic heterocycles. The van der Waals surface area contributed by atoms with Crippen molar-refractivity contribution in [2.45, 2.75) is 13.8 Å². The Morgan fingerprint density at radius 3 is 2.19 bits per heavy atom. The number of halogens is 2. The molecule has 0 aliphatic heterocycles. The Morgan fingerprint density at radius 2 is 1.56 bits per heavy atom. The van der Waals surface area contributed by atoms with Crippen LogP contribution < -0.4 is 10.6 Å². The van der Waals surface area contributed by atoms with E-state index in [1.165, 1.54) is 18.2 Å². The van der Waals surface area contributed by atoms with Gasteiger partial charge in [0.1, 0.15) is 17.3 Å². The lowest BCUT2D eigenvalue weighted by atomic mass is 10.1. The number of hydrogen-bond acceptors (Lipinski definition) is 3. The van der Waals surface area contributed by atoms with Crippen LogP contribution in [0, 0.1) is 19.7 Å². The molecule has 0 unspecified atom stereocenters. The SMILES string of the molecule is Cc1oc(C)c(C(=O)Nc2cccc(C(=O)Nc3cccc(F)c3)c2)c1Br. The first-order chi connectivity index (χ1) is 12.8. The van der Waals surface area contributed by atoms with Crippen LogP contribution >= 0.6 is 15.9 Å². The largest absolute Gasteiger partial charge is 0.465 e. The third-order valence-corrected chi connectivity index (χ3v) is 4.83. The maximum absolute atomic E-state index is 13.2. The van der Waals surface area contributed by atoms with E-state index in [1.54, 1.807) is 44.2 Å². The number of benzene rings is 2. The molecule has 27 heavy (non-hydrogen) atoms. The highest BCUT2D eigenvalue weighted by Crippen LogP contribution is 2.28. The maximum Gasteiger partial charge on any atom is 0.260 e. The second-order valence-electron chi connectivity index (χ2n) is 5.90. The van der Waals surface area contributed by atoms with Gasteiger partial charge >= 0.3 is 0 Å². The number of amides is 2. The standard InChI is InChI=1S/C20H16BrFN2O3/c1-11-17(18(21)12(2)27-11)20(26)24-15-7-3-5-13(9-15)19(25)23-16-8-4-6-14(22)10-16/h3-10H,1-2H3,(H,23,25)(H,24,26). The van der Waals surface area contributed by atoms with E-state index in [9.17, 15) is 14.0 Å². The normalized spacial score (nSPS) is 10.5. The van der Waals surface area contributed by atoms with Gasteiger partial charge in [-0.15, -0.1) is 0 Å². The molecule has 5 nitrogen and oxygen atoms in total. The number of nitrogens with one attached hydrogen (secondary N) is 2.